The lowest BCUT2D eigenvalue weighted by Crippen LogP contribution is -2.43. The van der Waals surface area contributed by atoms with Crippen LogP contribution in [0.25, 0.3) is 10.8 Å². The first-order valence-electron chi connectivity index (χ1n) is 9.28. The summed E-state index contributed by atoms with van der Waals surface area (Å²) >= 11 is 5.84. The maximum Gasteiger partial charge on any atom is 0.219 e. The largest absolute Gasteiger partial charge is 0.489 e. The Kier molecular flexibility index (Phi) is 5.30. The minimum absolute atomic E-state index is 0.0228. The number of halogens is 1. The fraction of sp³-hybridized carbons (Fsp3) is 0.286. The van der Waals surface area contributed by atoms with E-state index in [0.717, 1.165) is 47.4 Å². The molecule has 3 aromatic rings. The van der Waals surface area contributed by atoms with Crippen LogP contribution in [0.1, 0.15) is 19.8 Å². The van der Waals surface area contributed by atoms with E-state index in [1.54, 1.807) is 25.4 Å². The summed E-state index contributed by atoms with van der Waals surface area (Å²) in [4.78, 5) is 22.0. The van der Waals surface area contributed by atoms with Gasteiger partial charge in [-0.15, -0.1) is 0 Å². The van der Waals surface area contributed by atoms with Gasteiger partial charge in [-0.1, -0.05) is 11.6 Å². The van der Waals surface area contributed by atoms with Crippen molar-refractivity contribution in [1.29, 1.82) is 0 Å². The van der Waals surface area contributed by atoms with Crippen LogP contribution in [-0.2, 0) is 4.79 Å². The standard InChI is InChI=1S/C21H21ClN4O2/c1-14(27)26-10-2-3-18(13-26)28-17-5-6-19-15(11-17)8-9-23-21(19)25-16-4-7-20(22)24-12-16/h4-9,11-12,18H,2-3,10,13H2,1H3,(H,23,25)/t18-/m1/s1. The number of anilines is 2. The van der Waals surface area contributed by atoms with Crippen LogP contribution in [0, 0.1) is 0 Å². The molecular weight excluding hydrogens is 376 g/mol. The van der Waals surface area contributed by atoms with E-state index in [-0.39, 0.29) is 12.0 Å². The maximum atomic E-state index is 11.6. The lowest BCUT2D eigenvalue weighted by atomic mass is 10.1. The highest BCUT2D eigenvalue weighted by molar-refractivity contribution is 6.29. The molecule has 0 bridgehead atoms. The molecule has 1 aromatic carbocycles. The van der Waals surface area contributed by atoms with Crippen molar-refractivity contribution in [3.63, 3.8) is 0 Å². The molecule has 0 saturated carbocycles. The number of amides is 1. The number of rotatable bonds is 4. The average molecular weight is 397 g/mol. The molecule has 6 nitrogen and oxygen atoms in total. The van der Waals surface area contributed by atoms with Crippen LogP contribution in [0.2, 0.25) is 5.15 Å². The number of aromatic nitrogens is 2. The molecule has 0 aliphatic carbocycles. The number of fused-ring (bicyclic) bond motifs is 1. The molecule has 1 amide bonds. The lowest BCUT2D eigenvalue weighted by molar-refractivity contribution is -0.131. The summed E-state index contributed by atoms with van der Waals surface area (Å²) < 4.78 is 6.16. The molecule has 0 unspecified atom stereocenters. The molecule has 0 radical (unpaired) electrons. The summed E-state index contributed by atoms with van der Waals surface area (Å²) in [6.07, 6.45) is 5.37. The Morgan fingerprint density at radius 1 is 1.25 bits per heavy atom. The van der Waals surface area contributed by atoms with Crippen LogP contribution >= 0.6 is 11.6 Å². The van der Waals surface area contributed by atoms with Gasteiger partial charge in [-0.05, 0) is 54.6 Å². The third kappa shape index (κ3) is 4.17. The Hall–Kier alpha value is -2.86. The molecule has 1 aliphatic heterocycles. The van der Waals surface area contributed by atoms with Crippen LogP contribution < -0.4 is 10.1 Å². The van der Waals surface area contributed by atoms with Gasteiger partial charge in [0.1, 0.15) is 22.8 Å². The quantitative estimate of drug-likeness (QED) is 0.661. The van der Waals surface area contributed by atoms with Crippen molar-refractivity contribution < 1.29 is 9.53 Å². The van der Waals surface area contributed by atoms with Crippen molar-refractivity contribution in [2.24, 2.45) is 0 Å². The zero-order valence-corrected chi connectivity index (χ0v) is 16.3. The highest BCUT2D eigenvalue weighted by atomic mass is 35.5. The molecule has 28 heavy (non-hydrogen) atoms. The van der Waals surface area contributed by atoms with Gasteiger partial charge in [0.05, 0.1) is 18.4 Å². The van der Waals surface area contributed by atoms with Crippen LogP contribution in [0.5, 0.6) is 5.75 Å². The monoisotopic (exact) mass is 396 g/mol. The van der Waals surface area contributed by atoms with Crippen molar-refractivity contribution in [3.8, 4) is 5.75 Å². The second-order valence-electron chi connectivity index (χ2n) is 6.88. The number of carbonyl (C=O) groups is 1. The predicted octanol–water partition coefficient (Wildman–Crippen LogP) is 4.42. The highest BCUT2D eigenvalue weighted by Crippen LogP contribution is 2.29. The summed E-state index contributed by atoms with van der Waals surface area (Å²) in [6.45, 7) is 3.06. The first-order valence-corrected chi connectivity index (χ1v) is 9.66. The van der Waals surface area contributed by atoms with Crippen molar-refractivity contribution in [1.82, 2.24) is 14.9 Å². The Balaban J connectivity index is 1.53. The fourth-order valence-corrected chi connectivity index (χ4v) is 3.54. The number of nitrogens with zero attached hydrogens (tertiary/aromatic N) is 3. The van der Waals surface area contributed by atoms with Gasteiger partial charge < -0.3 is 15.0 Å². The van der Waals surface area contributed by atoms with Gasteiger partial charge in [-0.3, -0.25) is 4.79 Å². The van der Waals surface area contributed by atoms with Crippen molar-refractivity contribution in [2.75, 3.05) is 18.4 Å². The van der Waals surface area contributed by atoms with Crippen LogP contribution in [0.15, 0.2) is 48.8 Å². The highest BCUT2D eigenvalue weighted by Gasteiger charge is 2.22. The molecule has 1 fully saturated rings. The summed E-state index contributed by atoms with van der Waals surface area (Å²) in [6, 6.07) is 11.5. The van der Waals surface area contributed by atoms with Crippen molar-refractivity contribution in [2.45, 2.75) is 25.9 Å². The minimum Gasteiger partial charge on any atom is -0.489 e. The van der Waals surface area contributed by atoms with Crippen molar-refractivity contribution in [3.05, 3.63) is 53.9 Å². The smallest absolute Gasteiger partial charge is 0.219 e. The first kappa shape index (κ1) is 18.5. The number of benzene rings is 1. The zero-order valence-electron chi connectivity index (χ0n) is 15.6. The van der Waals surface area contributed by atoms with E-state index in [0.29, 0.717) is 11.7 Å². The normalized spacial score (nSPS) is 16.8. The van der Waals surface area contributed by atoms with Gasteiger partial charge in [0.25, 0.3) is 0 Å². The Morgan fingerprint density at radius 2 is 2.14 bits per heavy atom. The average Bonchev–Trinajstić information content (AvgIpc) is 2.70. The molecule has 0 spiro atoms. The molecule has 1 N–H and O–H groups in total. The molecule has 1 atom stereocenters. The topological polar surface area (TPSA) is 67.3 Å². The van der Waals surface area contributed by atoms with Crippen LogP contribution in [0.4, 0.5) is 11.5 Å². The lowest BCUT2D eigenvalue weighted by Gasteiger charge is -2.32. The van der Waals surface area contributed by atoms with E-state index in [2.05, 4.69) is 15.3 Å². The minimum atomic E-state index is 0.0228. The number of nitrogens with one attached hydrogen (secondary N) is 1. The number of ether oxygens (including phenoxy) is 1. The zero-order chi connectivity index (χ0) is 19.5. The second-order valence-corrected chi connectivity index (χ2v) is 7.27. The maximum absolute atomic E-state index is 11.6. The Morgan fingerprint density at radius 3 is 2.93 bits per heavy atom. The molecule has 1 saturated heterocycles. The number of likely N-dealkylation sites (tertiary alicyclic amines) is 1. The van der Waals surface area contributed by atoms with Gasteiger partial charge in [-0.25, -0.2) is 9.97 Å². The van der Waals surface area contributed by atoms with E-state index in [4.69, 9.17) is 16.3 Å². The molecule has 7 heteroatoms. The summed E-state index contributed by atoms with van der Waals surface area (Å²) in [7, 11) is 0. The fourth-order valence-electron chi connectivity index (χ4n) is 3.43. The van der Waals surface area contributed by atoms with Gasteiger partial charge in [0.2, 0.25) is 5.91 Å². The molecule has 144 valence electrons. The van der Waals surface area contributed by atoms with E-state index in [1.165, 1.54) is 0 Å². The predicted molar refractivity (Wildman–Crippen MR) is 110 cm³/mol. The third-order valence-electron chi connectivity index (χ3n) is 4.85. The van der Waals surface area contributed by atoms with Gasteiger partial charge in [0.15, 0.2) is 0 Å². The number of pyridine rings is 2. The molecule has 2 aromatic heterocycles. The number of hydrogen-bond acceptors (Lipinski definition) is 5. The van der Waals surface area contributed by atoms with Crippen LogP contribution in [0.3, 0.4) is 0 Å². The number of hydrogen-bond donors (Lipinski definition) is 1. The van der Waals surface area contributed by atoms with Crippen molar-refractivity contribution >= 4 is 39.8 Å². The summed E-state index contributed by atoms with van der Waals surface area (Å²) in [5.74, 6) is 1.65. The Labute approximate surface area is 168 Å². The Bertz CT molecular complexity index is 993. The van der Waals surface area contributed by atoms with E-state index in [9.17, 15) is 4.79 Å². The summed E-state index contributed by atoms with van der Waals surface area (Å²) in [5, 5.41) is 5.73. The van der Waals surface area contributed by atoms with Gasteiger partial charge in [0, 0.05) is 25.1 Å². The van der Waals surface area contributed by atoms with E-state index >= 15 is 0 Å². The van der Waals surface area contributed by atoms with Gasteiger partial charge >= 0.3 is 0 Å². The van der Waals surface area contributed by atoms with E-state index in [1.807, 2.05) is 35.2 Å². The first-order chi connectivity index (χ1) is 13.6. The molecular formula is C21H21ClN4O2. The SMILES string of the molecule is CC(=O)N1CCC[C@@H](Oc2ccc3c(Nc4ccc(Cl)nc4)nccc3c2)C1. The number of piperidine rings is 1. The van der Waals surface area contributed by atoms with E-state index < -0.39 is 0 Å². The summed E-state index contributed by atoms with van der Waals surface area (Å²) in [5.41, 5.74) is 0.816. The van der Waals surface area contributed by atoms with Gasteiger partial charge in [-0.2, -0.15) is 0 Å². The molecule has 3 heterocycles. The van der Waals surface area contributed by atoms with Crippen LogP contribution in [-0.4, -0.2) is 40.0 Å². The number of carbonyl (C=O) groups excluding carboxylic acids is 1. The second kappa shape index (κ2) is 8.02. The molecule has 1 aliphatic rings. The molecule has 4 rings (SSSR count). The third-order valence-corrected chi connectivity index (χ3v) is 5.08.